The van der Waals surface area contributed by atoms with Gasteiger partial charge in [0.1, 0.15) is 5.82 Å². The van der Waals surface area contributed by atoms with Crippen LogP contribution in [0.5, 0.6) is 0 Å². The Morgan fingerprint density at radius 3 is 2.89 bits per heavy atom. The van der Waals surface area contributed by atoms with E-state index < -0.39 is 4.92 Å². The summed E-state index contributed by atoms with van der Waals surface area (Å²) < 4.78 is 2.17. The van der Waals surface area contributed by atoms with Crippen LogP contribution in [0.25, 0.3) is 0 Å². The maximum absolute atomic E-state index is 10.8. The Kier molecular flexibility index (Phi) is 3.61. The molecule has 0 atom stereocenters. The lowest BCUT2D eigenvalue weighted by atomic mass is 10.2. The number of halogens is 1. The molecule has 0 radical (unpaired) electrons. The SMILES string of the molecule is Cn1ccc(NCc2ccc(Br)c([N+](=O)[O-])c2)n1. The van der Waals surface area contributed by atoms with E-state index in [9.17, 15) is 10.1 Å². The number of hydrogen-bond donors (Lipinski definition) is 1. The fourth-order valence-electron chi connectivity index (χ4n) is 1.51. The summed E-state index contributed by atoms with van der Waals surface area (Å²) >= 11 is 3.15. The highest BCUT2D eigenvalue weighted by molar-refractivity contribution is 9.10. The predicted octanol–water partition coefficient (Wildman–Crippen LogP) is 2.70. The number of nitrogens with one attached hydrogen (secondary N) is 1. The van der Waals surface area contributed by atoms with Gasteiger partial charge in [-0.3, -0.25) is 14.8 Å². The molecule has 2 rings (SSSR count). The van der Waals surface area contributed by atoms with Crippen LogP contribution in [0.15, 0.2) is 34.9 Å². The second-order valence-electron chi connectivity index (χ2n) is 3.77. The summed E-state index contributed by atoms with van der Waals surface area (Å²) in [4.78, 5) is 10.4. The van der Waals surface area contributed by atoms with Gasteiger partial charge in [0.25, 0.3) is 5.69 Å². The maximum Gasteiger partial charge on any atom is 0.283 e. The van der Waals surface area contributed by atoms with Crippen molar-refractivity contribution in [3.63, 3.8) is 0 Å². The van der Waals surface area contributed by atoms with E-state index in [4.69, 9.17) is 0 Å². The van der Waals surface area contributed by atoms with Crippen molar-refractivity contribution < 1.29 is 4.92 Å². The van der Waals surface area contributed by atoms with Gasteiger partial charge in [0.05, 0.1) is 9.40 Å². The van der Waals surface area contributed by atoms with Gasteiger partial charge in [-0.1, -0.05) is 6.07 Å². The minimum Gasteiger partial charge on any atom is -0.365 e. The zero-order chi connectivity index (χ0) is 13.1. The zero-order valence-electron chi connectivity index (χ0n) is 9.63. The first-order chi connectivity index (χ1) is 8.56. The summed E-state index contributed by atoms with van der Waals surface area (Å²) in [5.74, 6) is 0.739. The number of aryl methyl sites for hydroxylation is 1. The van der Waals surface area contributed by atoms with Gasteiger partial charge in [-0.2, -0.15) is 5.10 Å². The number of nitro benzene ring substituents is 1. The van der Waals surface area contributed by atoms with Gasteiger partial charge in [0, 0.05) is 31.9 Å². The van der Waals surface area contributed by atoms with Crippen LogP contribution in [0.2, 0.25) is 0 Å². The first kappa shape index (κ1) is 12.6. The molecule has 0 saturated heterocycles. The van der Waals surface area contributed by atoms with Crippen molar-refractivity contribution in [2.45, 2.75) is 6.54 Å². The summed E-state index contributed by atoms with van der Waals surface area (Å²) in [6.07, 6.45) is 1.83. The average Bonchev–Trinajstić information content (AvgIpc) is 2.74. The van der Waals surface area contributed by atoms with Crippen molar-refractivity contribution in [3.05, 3.63) is 50.6 Å². The summed E-state index contributed by atoms with van der Waals surface area (Å²) in [7, 11) is 1.83. The van der Waals surface area contributed by atoms with Gasteiger partial charge in [0.2, 0.25) is 0 Å². The van der Waals surface area contributed by atoms with Crippen LogP contribution in [0.1, 0.15) is 5.56 Å². The summed E-state index contributed by atoms with van der Waals surface area (Å²) in [6.45, 7) is 0.491. The molecule has 1 aromatic heterocycles. The lowest BCUT2D eigenvalue weighted by Crippen LogP contribution is -2.01. The quantitative estimate of drug-likeness (QED) is 0.696. The van der Waals surface area contributed by atoms with Crippen LogP contribution in [0.3, 0.4) is 0 Å². The molecule has 1 heterocycles. The van der Waals surface area contributed by atoms with Crippen molar-refractivity contribution in [2.24, 2.45) is 7.05 Å². The molecule has 1 N–H and O–H groups in total. The van der Waals surface area contributed by atoms with Crippen LogP contribution < -0.4 is 5.32 Å². The molecular formula is C11H11BrN4O2. The van der Waals surface area contributed by atoms with E-state index >= 15 is 0 Å². The molecular weight excluding hydrogens is 300 g/mol. The van der Waals surface area contributed by atoms with E-state index in [2.05, 4.69) is 26.3 Å². The van der Waals surface area contributed by atoms with E-state index in [-0.39, 0.29) is 5.69 Å². The highest BCUT2D eigenvalue weighted by Gasteiger charge is 2.12. The van der Waals surface area contributed by atoms with E-state index in [1.165, 1.54) is 0 Å². The van der Waals surface area contributed by atoms with E-state index in [1.54, 1.807) is 16.8 Å². The Hall–Kier alpha value is -1.89. The van der Waals surface area contributed by atoms with Gasteiger partial charge < -0.3 is 5.32 Å². The third-order valence-electron chi connectivity index (χ3n) is 2.39. The lowest BCUT2D eigenvalue weighted by molar-refractivity contribution is -0.385. The smallest absolute Gasteiger partial charge is 0.283 e. The number of aromatic nitrogens is 2. The predicted molar refractivity (Wildman–Crippen MR) is 71.3 cm³/mol. The summed E-state index contributed by atoms with van der Waals surface area (Å²) in [5, 5.41) is 18.1. The van der Waals surface area contributed by atoms with Gasteiger partial charge >= 0.3 is 0 Å². The number of hydrogen-bond acceptors (Lipinski definition) is 4. The second kappa shape index (κ2) is 5.18. The van der Waals surface area contributed by atoms with Gasteiger partial charge in [-0.15, -0.1) is 0 Å². The third-order valence-corrected chi connectivity index (χ3v) is 3.07. The average molecular weight is 311 g/mol. The number of rotatable bonds is 4. The summed E-state index contributed by atoms with van der Waals surface area (Å²) in [6, 6.07) is 6.88. The fourth-order valence-corrected chi connectivity index (χ4v) is 1.90. The van der Waals surface area contributed by atoms with Gasteiger partial charge in [-0.25, -0.2) is 0 Å². The van der Waals surface area contributed by atoms with Crippen molar-refractivity contribution in [3.8, 4) is 0 Å². The molecule has 0 aliphatic carbocycles. The topological polar surface area (TPSA) is 73.0 Å². The largest absolute Gasteiger partial charge is 0.365 e. The minimum atomic E-state index is -0.408. The molecule has 6 nitrogen and oxygen atoms in total. The molecule has 0 bridgehead atoms. The normalized spacial score (nSPS) is 10.3. The van der Waals surface area contributed by atoms with Crippen LogP contribution in [-0.2, 0) is 13.6 Å². The van der Waals surface area contributed by atoms with Crippen molar-refractivity contribution in [1.29, 1.82) is 0 Å². The Balaban J connectivity index is 2.10. The molecule has 0 fully saturated rings. The van der Waals surface area contributed by atoms with Crippen LogP contribution >= 0.6 is 15.9 Å². The molecule has 0 amide bonds. The van der Waals surface area contributed by atoms with Crippen LogP contribution in [0.4, 0.5) is 11.5 Å². The van der Waals surface area contributed by atoms with E-state index in [0.717, 1.165) is 11.4 Å². The molecule has 0 unspecified atom stereocenters. The first-order valence-electron chi connectivity index (χ1n) is 5.22. The maximum atomic E-state index is 10.8. The number of anilines is 1. The van der Waals surface area contributed by atoms with Crippen molar-refractivity contribution in [1.82, 2.24) is 9.78 Å². The number of nitrogens with zero attached hydrogens (tertiary/aromatic N) is 3. The molecule has 0 spiro atoms. The van der Waals surface area contributed by atoms with Crippen LogP contribution in [-0.4, -0.2) is 14.7 Å². The van der Waals surface area contributed by atoms with E-state index in [0.29, 0.717) is 11.0 Å². The van der Waals surface area contributed by atoms with E-state index in [1.807, 2.05) is 25.4 Å². The molecule has 0 saturated carbocycles. The Bertz CT molecular complexity index is 582. The molecule has 94 valence electrons. The highest BCUT2D eigenvalue weighted by atomic mass is 79.9. The van der Waals surface area contributed by atoms with Crippen molar-refractivity contribution >= 4 is 27.4 Å². The Morgan fingerprint density at radius 2 is 2.28 bits per heavy atom. The van der Waals surface area contributed by atoms with Crippen molar-refractivity contribution in [2.75, 3.05) is 5.32 Å². The molecule has 2 aromatic rings. The number of nitro groups is 1. The Labute approximate surface area is 112 Å². The second-order valence-corrected chi connectivity index (χ2v) is 4.63. The zero-order valence-corrected chi connectivity index (χ0v) is 11.2. The molecule has 1 aromatic carbocycles. The molecule has 18 heavy (non-hydrogen) atoms. The van der Waals surface area contributed by atoms with Crippen LogP contribution in [0, 0.1) is 10.1 Å². The first-order valence-corrected chi connectivity index (χ1v) is 6.02. The third kappa shape index (κ3) is 2.86. The Morgan fingerprint density at radius 1 is 1.50 bits per heavy atom. The monoisotopic (exact) mass is 310 g/mol. The summed E-state index contributed by atoms with van der Waals surface area (Å²) in [5.41, 5.74) is 0.894. The fraction of sp³-hybridized carbons (Fsp3) is 0.182. The number of benzene rings is 1. The standard InChI is InChI=1S/C11H11BrN4O2/c1-15-5-4-11(14-15)13-7-8-2-3-9(12)10(6-8)16(17)18/h2-6H,7H2,1H3,(H,13,14). The minimum absolute atomic E-state index is 0.0651. The lowest BCUT2D eigenvalue weighted by Gasteiger charge is -2.04. The highest BCUT2D eigenvalue weighted by Crippen LogP contribution is 2.25. The van der Waals surface area contributed by atoms with Gasteiger partial charge in [-0.05, 0) is 27.6 Å². The van der Waals surface area contributed by atoms with Gasteiger partial charge in [0.15, 0.2) is 0 Å². The molecule has 0 aliphatic heterocycles. The molecule has 0 aliphatic rings. The molecule has 7 heteroatoms.